The molecule has 6 rings (SSSR count). The Balaban J connectivity index is 1.46. The molecule has 1 aliphatic heterocycles. The number of rotatable bonds is 7. The summed E-state index contributed by atoms with van der Waals surface area (Å²) in [6, 6.07) is 14.6. The van der Waals surface area contributed by atoms with E-state index < -0.39 is 5.97 Å². The molecule has 45 heavy (non-hydrogen) atoms. The van der Waals surface area contributed by atoms with E-state index in [0.29, 0.717) is 41.3 Å². The smallest absolute Gasteiger partial charge is 0.357 e. The van der Waals surface area contributed by atoms with Crippen LogP contribution in [-0.4, -0.2) is 42.5 Å². The third-order valence-electron chi connectivity index (χ3n) is 8.50. The first-order chi connectivity index (χ1) is 21.9. The van der Waals surface area contributed by atoms with Crippen molar-refractivity contribution < 1.29 is 23.9 Å². The zero-order valence-electron chi connectivity index (χ0n) is 25.4. The number of fused-ring (bicyclic) bond motifs is 3. The third-order valence-corrected chi connectivity index (χ3v) is 9.49. The number of aromatic nitrogens is 1. The van der Waals surface area contributed by atoms with Crippen LogP contribution in [0, 0.1) is 6.92 Å². The highest BCUT2D eigenvalue weighted by Crippen LogP contribution is 2.43. The molecule has 2 aromatic heterocycles. The minimum Gasteiger partial charge on any atom is -0.493 e. The quantitative estimate of drug-likeness (QED) is 0.206. The molecule has 0 unspecified atom stereocenters. The van der Waals surface area contributed by atoms with Gasteiger partial charge in [0, 0.05) is 51.8 Å². The lowest BCUT2D eigenvalue weighted by atomic mass is 9.93. The first-order valence-corrected chi connectivity index (χ1v) is 16.1. The molecular weight excluding hydrogens is 588 g/mol. The van der Waals surface area contributed by atoms with Crippen molar-refractivity contribution >= 4 is 34.8 Å². The molecule has 1 fully saturated rings. The predicted octanol–water partition coefficient (Wildman–Crippen LogP) is 6.28. The standard InChI is InChI=1S/C35H36N4O5S/c1-20-16-21(19-36)8-10-28(20)39-33(40)26-17-27-30(44-14-12-22-13-15-45-32(22)27)18-25(26)24-9-11-29(38-31(24)35(42)43-2)34(41)37-23-6-4-3-5-7-23/h8-11,13,15-18,23H,3-7,12,14,19,36H2,1-2H3,(H,37,41)(H,39,40). The molecule has 9 nitrogen and oxygen atoms in total. The van der Waals surface area contributed by atoms with Gasteiger partial charge in [0.25, 0.3) is 11.8 Å². The van der Waals surface area contributed by atoms with Gasteiger partial charge in [0.1, 0.15) is 11.4 Å². The molecule has 1 saturated carbocycles. The van der Waals surface area contributed by atoms with E-state index >= 15 is 0 Å². The topological polar surface area (TPSA) is 133 Å². The minimum absolute atomic E-state index is 0.0586. The Bertz CT molecular complexity index is 1780. The number of hydrogen-bond donors (Lipinski definition) is 3. The van der Waals surface area contributed by atoms with Crippen molar-refractivity contribution in [2.75, 3.05) is 19.0 Å². The number of amides is 2. The van der Waals surface area contributed by atoms with Gasteiger partial charge < -0.3 is 25.8 Å². The highest BCUT2D eigenvalue weighted by atomic mass is 32.1. The van der Waals surface area contributed by atoms with E-state index in [1.54, 1.807) is 29.5 Å². The van der Waals surface area contributed by atoms with Gasteiger partial charge in [-0.1, -0.05) is 31.4 Å². The Labute approximate surface area is 266 Å². The number of nitrogens with two attached hydrogens (primary N) is 1. The second-order valence-electron chi connectivity index (χ2n) is 11.5. The molecule has 2 aliphatic rings. The first kappa shape index (κ1) is 30.5. The second kappa shape index (κ2) is 13.2. The van der Waals surface area contributed by atoms with Crippen molar-refractivity contribution in [1.29, 1.82) is 0 Å². The van der Waals surface area contributed by atoms with Crippen LogP contribution in [0.3, 0.4) is 0 Å². The Morgan fingerprint density at radius 1 is 1.00 bits per heavy atom. The van der Waals surface area contributed by atoms with E-state index in [9.17, 15) is 14.4 Å². The minimum atomic E-state index is -0.715. The van der Waals surface area contributed by atoms with Crippen molar-refractivity contribution in [1.82, 2.24) is 10.3 Å². The molecular formula is C35H36N4O5S. The number of hydrogen-bond acceptors (Lipinski definition) is 8. The van der Waals surface area contributed by atoms with Gasteiger partial charge >= 0.3 is 5.97 Å². The average Bonchev–Trinajstić information content (AvgIpc) is 3.46. The summed E-state index contributed by atoms with van der Waals surface area (Å²) >= 11 is 1.59. The number of nitrogens with zero attached hydrogens (tertiary/aromatic N) is 1. The van der Waals surface area contributed by atoms with E-state index in [1.807, 2.05) is 36.6 Å². The molecule has 3 heterocycles. The van der Waals surface area contributed by atoms with E-state index in [0.717, 1.165) is 59.2 Å². The molecule has 1 aliphatic carbocycles. The van der Waals surface area contributed by atoms with E-state index in [-0.39, 0.29) is 29.2 Å². The fourth-order valence-corrected chi connectivity index (χ4v) is 7.05. The number of esters is 1. The normalized spacial score (nSPS) is 14.4. The Kier molecular flexibility index (Phi) is 8.95. The molecule has 2 aromatic carbocycles. The number of ether oxygens (including phenoxy) is 2. The average molecular weight is 625 g/mol. The molecule has 4 N–H and O–H groups in total. The van der Waals surface area contributed by atoms with Gasteiger partial charge in [0.05, 0.1) is 13.7 Å². The van der Waals surface area contributed by atoms with Crippen LogP contribution in [0.15, 0.2) is 53.9 Å². The van der Waals surface area contributed by atoms with Gasteiger partial charge in [-0.05, 0) is 78.2 Å². The highest BCUT2D eigenvalue weighted by molar-refractivity contribution is 7.13. The predicted molar refractivity (Wildman–Crippen MR) is 175 cm³/mol. The van der Waals surface area contributed by atoms with Gasteiger partial charge in [0.2, 0.25) is 0 Å². The summed E-state index contributed by atoms with van der Waals surface area (Å²) in [6.45, 7) is 2.77. The van der Waals surface area contributed by atoms with Crippen molar-refractivity contribution in [3.63, 3.8) is 0 Å². The summed E-state index contributed by atoms with van der Waals surface area (Å²) in [5, 5.41) is 8.14. The number of carbonyl (C=O) groups is 3. The van der Waals surface area contributed by atoms with Gasteiger partial charge in [0.15, 0.2) is 5.69 Å². The SMILES string of the molecule is COC(=O)c1nc(C(=O)NC2CCCCC2)ccc1-c1cc2c(cc1C(=O)Nc1ccc(CN)cc1C)-c1sccc1CCO2. The number of aryl methyl sites for hydroxylation is 1. The molecule has 0 radical (unpaired) electrons. The summed E-state index contributed by atoms with van der Waals surface area (Å²) in [5.74, 6) is -0.827. The van der Waals surface area contributed by atoms with Crippen LogP contribution >= 0.6 is 11.3 Å². The van der Waals surface area contributed by atoms with Crippen molar-refractivity contribution in [3.8, 4) is 27.3 Å². The molecule has 0 atom stereocenters. The van der Waals surface area contributed by atoms with Gasteiger partial charge in [-0.15, -0.1) is 11.3 Å². The van der Waals surface area contributed by atoms with Crippen LogP contribution in [0.1, 0.15) is 80.1 Å². The number of carbonyl (C=O) groups excluding carboxylic acids is 3. The summed E-state index contributed by atoms with van der Waals surface area (Å²) in [4.78, 5) is 46.0. The summed E-state index contributed by atoms with van der Waals surface area (Å²) in [5.41, 5.74) is 11.4. The van der Waals surface area contributed by atoms with Gasteiger partial charge in [-0.25, -0.2) is 9.78 Å². The Morgan fingerprint density at radius 3 is 2.58 bits per heavy atom. The number of benzene rings is 2. The molecule has 4 aromatic rings. The van der Waals surface area contributed by atoms with Crippen LogP contribution in [0.25, 0.3) is 21.6 Å². The van der Waals surface area contributed by atoms with Crippen molar-refractivity contribution in [2.45, 2.75) is 58.0 Å². The van der Waals surface area contributed by atoms with Gasteiger partial charge in [-0.3, -0.25) is 9.59 Å². The number of methoxy groups -OCH3 is 1. The number of thiophene rings is 1. The van der Waals surface area contributed by atoms with E-state index in [4.69, 9.17) is 15.2 Å². The van der Waals surface area contributed by atoms with Crippen LogP contribution in [0.4, 0.5) is 5.69 Å². The number of anilines is 1. The lowest BCUT2D eigenvalue weighted by Gasteiger charge is -2.22. The first-order valence-electron chi connectivity index (χ1n) is 15.3. The molecule has 0 spiro atoms. The summed E-state index contributed by atoms with van der Waals surface area (Å²) in [7, 11) is 1.27. The maximum absolute atomic E-state index is 14.1. The van der Waals surface area contributed by atoms with Crippen LogP contribution in [0.2, 0.25) is 0 Å². The van der Waals surface area contributed by atoms with E-state index in [1.165, 1.54) is 13.5 Å². The van der Waals surface area contributed by atoms with Crippen LogP contribution in [0.5, 0.6) is 5.75 Å². The zero-order valence-corrected chi connectivity index (χ0v) is 26.2. The number of pyridine rings is 1. The van der Waals surface area contributed by atoms with Crippen molar-refractivity contribution in [2.24, 2.45) is 5.73 Å². The lowest BCUT2D eigenvalue weighted by molar-refractivity contribution is 0.0594. The summed E-state index contributed by atoms with van der Waals surface area (Å²) < 4.78 is 11.3. The molecule has 0 bridgehead atoms. The monoisotopic (exact) mass is 624 g/mol. The fourth-order valence-electron chi connectivity index (χ4n) is 6.07. The highest BCUT2D eigenvalue weighted by Gasteiger charge is 2.27. The molecule has 232 valence electrons. The number of nitrogens with one attached hydrogen (secondary N) is 2. The molecule has 2 amide bonds. The van der Waals surface area contributed by atoms with Gasteiger partial charge in [-0.2, -0.15) is 0 Å². The van der Waals surface area contributed by atoms with Crippen molar-refractivity contribution in [3.05, 3.63) is 87.6 Å². The Morgan fingerprint density at radius 2 is 1.82 bits per heavy atom. The molecule has 0 saturated heterocycles. The maximum Gasteiger partial charge on any atom is 0.357 e. The zero-order chi connectivity index (χ0) is 31.5. The van der Waals surface area contributed by atoms with E-state index in [2.05, 4.69) is 21.7 Å². The lowest BCUT2D eigenvalue weighted by Crippen LogP contribution is -2.36. The maximum atomic E-state index is 14.1. The Hall–Kier alpha value is -4.54. The third kappa shape index (κ3) is 6.34. The summed E-state index contributed by atoms with van der Waals surface area (Å²) in [6.07, 6.45) is 5.87. The fraction of sp³-hybridized carbons (Fsp3) is 0.314. The van der Waals surface area contributed by atoms with Crippen LogP contribution in [-0.2, 0) is 17.7 Å². The van der Waals surface area contributed by atoms with Crippen LogP contribution < -0.4 is 21.1 Å². The largest absolute Gasteiger partial charge is 0.493 e. The molecule has 10 heteroatoms. The second-order valence-corrected chi connectivity index (χ2v) is 12.4.